The Bertz CT molecular complexity index is 733. The Labute approximate surface area is 209 Å². The smallest absolute Gasteiger partial charge is 0.219 e. The number of carbonyl (C=O) groups excluding carboxylic acids is 1. The highest BCUT2D eigenvalue weighted by Crippen LogP contribution is 2.31. The first kappa shape index (κ1) is 26.7. The van der Waals surface area contributed by atoms with Gasteiger partial charge in [0.1, 0.15) is 5.75 Å². The summed E-state index contributed by atoms with van der Waals surface area (Å²) in [5.41, 5.74) is 1.22. The highest BCUT2D eigenvalue weighted by molar-refractivity contribution is 14.0. The predicted molar refractivity (Wildman–Crippen MR) is 140 cm³/mol. The Balaban J connectivity index is 0.00000363. The van der Waals surface area contributed by atoms with Gasteiger partial charge in [0.05, 0.1) is 13.2 Å². The van der Waals surface area contributed by atoms with Crippen LogP contribution < -0.4 is 15.4 Å². The molecule has 9 heteroatoms. The number of hydrogen-bond donors (Lipinski definition) is 2. The molecule has 0 spiro atoms. The van der Waals surface area contributed by atoms with Gasteiger partial charge in [-0.1, -0.05) is 18.2 Å². The zero-order chi connectivity index (χ0) is 22.1. The summed E-state index contributed by atoms with van der Waals surface area (Å²) in [5, 5.41) is 6.97. The van der Waals surface area contributed by atoms with Gasteiger partial charge in [0.15, 0.2) is 5.96 Å². The maximum atomic E-state index is 11.5. The average Bonchev–Trinajstić information content (AvgIpc) is 3.33. The molecule has 1 atom stereocenters. The Kier molecular flexibility index (Phi) is 11.5. The van der Waals surface area contributed by atoms with E-state index >= 15 is 0 Å². The highest BCUT2D eigenvalue weighted by atomic mass is 127. The molecule has 0 radical (unpaired) electrons. The lowest BCUT2D eigenvalue weighted by molar-refractivity contribution is -0.130. The van der Waals surface area contributed by atoms with E-state index in [4.69, 9.17) is 4.74 Å². The molecule has 2 aliphatic heterocycles. The van der Waals surface area contributed by atoms with E-state index < -0.39 is 0 Å². The van der Waals surface area contributed by atoms with Crippen LogP contribution in [0.4, 0.5) is 0 Å². The predicted octanol–water partition coefficient (Wildman–Crippen LogP) is 1.78. The molecule has 1 unspecified atom stereocenters. The van der Waals surface area contributed by atoms with Crippen LogP contribution in [0.5, 0.6) is 5.75 Å². The molecule has 1 amide bonds. The molecule has 3 rings (SSSR count). The minimum absolute atomic E-state index is 0. The molecule has 2 aliphatic rings. The van der Waals surface area contributed by atoms with Crippen molar-refractivity contribution < 1.29 is 9.53 Å². The zero-order valence-corrected chi connectivity index (χ0v) is 22.0. The van der Waals surface area contributed by atoms with E-state index in [1.807, 2.05) is 24.1 Å². The quantitative estimate of drug-likeness (QED) is 0.288. The Morgan fingerprint density at radius 3 is 2.41 bits per heavy atom. The molecule has 0 aromatic heterocycles. The van der Waals surface area contributed by atoms with Gasteiger partial charge in [-0.2, -0.15) is 0 Å². The number of nitrogens with zero attached hydrogens (tertiary/aromatic N) is 4. The zero-order valence-electron chi connectivity index (χ0n) is 19.7. The van der Waals surface area contributed by atoms with E-state index in [-0.39, 0.29) is 35.9 Å². The molecule has 0 aliphatic carbocycles. The summed E-state index contributed by atoms with van der Waals surface area (Å²) in [6.07, 6.45) is 2.49. The van der Waals surface area contributed by atoms with Crippen molar-refractivity contribution in [3.8, 4) is 5.75 Å². The molecule has 8 nitrogen and oxygen atoms in total. The maximum Gasteiger partial charge on any atom is 0.219 e. The highest BCUT2D eigenvalue weighted by Gasteiger charge is 2.26. The minimum Gasteiger partial charge on any atom is -0.496 e. The van der Waals surface area contributed by atoms with E-state index in [2.05, 4.69) is 37.6 Å². The van der Waals surface area contributed by atoms with Crippen LogP contribution in [-0.2, 0) is 4.79 Å². The van der Waals surface area contributed by atoms with Crippen LogP contribution in [-0.4, -0.2) is 99.6 Å². The van der Waals surface area contributed by atoms with Crippen molar-refractivity contribution in [1.82, 2.24) is 25.3 Å². The van der Waals surface area contributed by atoms with Gasteiger partial charge in [-0.15, -0.1) is 24.0 Å². The number of guanidine groups is 1. The summed E-state index contributed by atoms with van der Waals surface area (Å²) in [6.45, 7) is 9.90. The van der Waals surface area contributed by atoms with Crippen LogP contribution in [0.25, 0.3) is 0 Å². The molecule has 0 saturated carbocycles. The number of para-hydroxylation sites is 1. The van der Waals surface area contributed by atoms with Crippen LogP contribution in [0.1, 0.15) is 31.4 Å². The van der Waals surface area contributed by atoms with Gasteiger partial charge in [0.2, 0.25) is 5.91 Å². The Morgan fingerprint density at radius 1 is 1.09 bits per heavy atom. The van der Waals surface area contributed by atoms with Gasteiger partial charge in [-0.25, -0.2) is 0 Å². The third-order valence-electron chi connectivity index (χ3n) is 6.30. The molecule has 2 N–H and O–H groups in total. The summed E-state index contributed by atoms with van der Waals surface area (Å²) >= 11 is 0. The molecule has 1 aromatic carbocycles. The second kappa shape index (κ2) is 13.8. The summed E-state index contributed by atoms with van der Waals surface area (Å²) in [6, 6.07) is 8.56. The van der Waals surface area contributed by atoms with E-state index in [9.17, 15) is 4.79 Å². The maximum absolute atomic E-state index is 11.5. The fraction of sp³-hybridized carbons (Fsp3) is 0.652. The topological polar surface area (TPSA) is 72.4 Å². The first-order valence-corrected chi connectivity index (χ1v) is 11.4. The lowest BCUT2D eigenvalue weighted by Gasteiger charge is -2.34. The van der Waals surface area contributed by atoms with Crippen molar-refractivity contribution in [3.05, 3.63) is 29.8 Å². The third-order valence-corrected chi connectivity index (χ3v) is 6.30. The second-order valence-corrected chi connectivity index (χ2v) is 8.23. The fourth-order valence-corrected chi connectivity index (χ4v) is 4.46. The molecular formula is C23H39IN6O2. The number of aliphatic imine (C=N–C) groups is 1. The summed E-state index contributed by atoms with van der Waals surface area (Å²) in [5.74, 6) is 1.93. The van der Waals surface area contributed by atoms with Crippen molar-refractivity contribution in [2.75, 3.05) is 73.1 Å². The SMILES string of the molecule is CN=C(NCCN1CCN(C(C)=O)CC1)NCC(c1ccccc1OC)N1CCCC1.I. The van der Waals surface area contributed by atoms with Crippen molar-refractivity contribution in [2.45, 2.75) is 25.8 Å². The number of ether oxygens (including phenoxy) is 1. The van der Waals surface area contributed by atoms with Crippen molar-refractivity contribution in [3.63, 3.8) is 0 Å². The van der Waals surface area contributed by atoms with Crippen LogP contribution in [0.2, 0.25) is 0 Å². The summed E-state index contributed by atoms with van der Waals surface area (Å²) < 4.78 is 5.64. The van der Waals surface area contributed by atoms with E-state index in [0.29, 0.717) is 0 Å². The number of benzene rings is 1. The standard InChI is InChI=1S/C23H38N6O2.HI/c1-19(30)28-16-14-27(15-17-28)13-10-25-23(24-2)26-18-21(29-11-6-7-12-29)20-8-4-5-9-22(20)31-3;/h4-5,8-9,21H,6-7,10-18H2,1-3H3,(H2,24,25,26);1H. The van der Waals surface area contributed by atoms with Crippen LogP contribution in [0.3, 0.4) is 0 Å². The van der Waals surface area contributed by atoms with Crippen LogP contribution in [0.15, 0.2) is 29.3 Å². The van der Waals surface area contributed by atoms with Gasteiger partial charge in [0.25, 0.3) is 0 Å². The van der Waals surface area contributed by atoms with E-state index in [1.54, 1.807) is 14.0 Å². The van der Waals surface area contributed by atoms with Crippen LogP contribution >= 0.6 is 24.0 Å². The first-order valence-electron chi connectivity index (χ1n) is 11.4. The molecule has 1 aromatic rings. The molecular weight excluding hydrogens is 519 g/mol. The average molecular weight is 559 g/mol. The Morgan fingerprint density at radius 2 is 1.78 bits per heavy atom. The molecule has 32 heavy (non-hydrogen) atoms. The monoisotopic (exact) mass is 558 g/mol. The largest absolute Gasteiger partial charge is 0.496 e. The van der Waals surface area contributed by atoms with E-state index in [1.165, 1.54) is 18.4 Å². The normalized spacial score (nSPS) is 18.7. The molecule has 180 valence electrons. The van der Waals surface area contributed by atoms with E-state index in [0.717, 1.165) is 70.6 Å². The number of likely N-dealkylation sites (tertiary alicyclic amines) is 1. The lowest BCUT2D eigenvalue weighted by Crippen LogP contribution is -2.50. The molecule has 0 bridgehead atoms. The van der Waals surface area contributed by atoms with Gasteiger partial charge < -0.3 is 20.3 Å². The summed E-state index contributed by atoms with van der Waals surface area (Å²) in [7, 11) is 3.55. The number of carbonyl (C=O) groups is 1. The van der Waals surface area contributed by atoms with Crippen molar-refractivity contribution in [2.24, 2.45) is 4.99 Å². The fourth-order valence-electron chi connectivity index (χ4n) is 4.46. The first-order chi connectivity index (χ1) is 15.1. The number of nitrogens with one attached hydrogen (secondary N) is 2. The molecule has 2 saturated heterocycles. The number of halogens is 1. The van der Waals surface area contributed by atoms with Crippen LogP contribution in [0, 0.1) is 0 Å². The summed E-state index contributed by atoms with van der Waals surface area (Å²) in [4.78, 5) is 22.7. The molecule has 2 heterocycles. The third kappa shape index (κ3) is 7.48. The number of methoxy groups -OCH3 is 1. The molecule has 2 fully saturated rings. The minimum atomic E-state index is 0. The second-order valence-electron chi connectivity index (χ2n) is 8.23. The van der Waals surface area contributed by atoms with Gasteiger partial charge in [-0.05, 0) is 32.0 Å². The number of rotatable bonds is 8. The number of piperazine rings is 1. The van der Waals surface area contributed by atoms with Crippen molar-refractivity contribution >= 4 is 35.8 Å². The van der Waals surface area contributed by atoms with Gasteiger partial charge in [-0.3, -0.25) is 19.6 Å². The van der Waals surface area contributed by atoms with Gasteiger partial charge >= 0.3 is 0 Å². The van der Waals surface area contributed by atoms with Crippen molar-refractivity contribution in [1.29, 1.82) is 0 Å². The number of amides is 1. The Hall–Kier alpha value is -1.59. The number of hydrogen-bond acceptors (Lipinski definition) is 5. The van der Waals surface area contributed by atoms with Gasteiger partial charge in [0, 0.05) is 65.3 Å². The lowest BCUT2D eigenvalue weighted by atomic mass is 10.0.